The van der Waals surface area contributed by atoms with E-state index in [1.165, 1.54) is 0 Å². The van der Waals surface area contributed by atoms with Gasteiger partial charge in [0.2, 0.25) is 0 Å². The lowest BCUT2D eigenvalue weighted by Gasteiger charge is -2.29. The van der Waals surface area contributed by atoms with Crippen LogP contribution in [0.4, 0.5) is 0 Å². The van der Waals surface area contributed by atoms with Gasteiger partial charge in [-0.3, -0.25) is 14.5 Å². The van der Waals surface area contributed by atoms with E-state index in [2.05, 4.69) is 11.5 Å². The molecule has 2 fully saturated rings. The summed E-state index contributed by atoms with van der Waals surface area (Å²) in [6.07, 6.45) is 2.36. The summed E-state index contributed by atoms with van der Waals surface area (Å²) in [5.41, 5.74) is 2.07. The Morgan fingerprint density at radius 3 is 2.51 bits per heavy atom. The van der Waals surface area contributed by atoms with Crippen LogP contribution >= 0.6 is 0 Å². The largest absolute Gasteiger partial charge is 0.507 e. The fraction of sp³-hybridized carbons (Fsp3) is 0.379. The first-order valence-electron chi connectivity index (χ1n) is 12.5. The number of methoxy groups -OCH3 is 1. The minimum atomic E-state index is -0.701. The van der Waals surface area contributed by atoms with Crippen LogP contribution in [0.5, 0.6) is 11.5 Å². The zero-order chi connectivity index (χ0) is 26.4. The molecule has 0 aliphatic carbocycles. The molecule has 0 saturated carbocycles. The normalized spacial score (nSPS) is 19.7. The van der Waals surface area contributed by atoms with Crippen LogP contribution < -0.4 is 9.47 Å². The number of nitrogens with zero attached hydrogens (tertiary/aromatic N) is 2. The van der Waals surface area contributed by atoms with Gasteiger partial charge in [-0.05, 0) is 54.8 Å². The standard InChI is InChI=1S/C29H34N2O6/c1-4-16-37-24-11-8-22(19-20(24)2)27(32)25-26(21-6-9-23(35-3)10-7-21)31(29(34)28(25)33)13-5-12-30-14-17-36-18-15-30/h4,6-11,19,26,32H,1,5,12-18H2,2-3H3/t26-/m0/s1. The van der Waals surface area contributed by atoms with Crippen molar-refractivity contribution in [3.05, 3.63) is 77.4 Å². The number of hydrogen-bond acceptors (Lipinski definition) is 7. The second kappa shape index (κ2) is 12.1. The van der Waals surface area contributed by atoms with Gasteiger partial charge in [-0.2, -0.15) is 0 Å². The Bertz CT molecular complexity index is 1170. The van der Waals surface area contributed by atoms with Crippen molar-refractivity contribution in [2.75, 3.05) is 53.1 Å². The van der Waals surface area contributed by atoms with E-state index < -0.39 is 17.7 Å². The van der Waals surface area contributed by atoms with Crippen LogP contribution in [0.3, 0.4) is 0 Å². The molecular weight excluding hydrogens is 472 g/mol. The molecule has 2 aliphatic heterocycles. The van der Waals surface area contributed by atoms with Crippen molar-refractivity contribution in [2.45, 2.75) is 19.4 Å². The van der Waals surface area contributed by atoms with E-state index in [-0.39, 0.29) is 11.3 Å². The number of carbonyl (C=O) groups excluding carboxylic acids is 2. The minimum Gasteiger partial charge on any atom is -0.507 e. The Labute approximate surface area is 217 Å². The van der Waals surface area contributed by atoms with E-state index in [4.69, 9.17) is 14.2 Å². The highest BCUT2D eigenvalue weighted by atomic mass is 16.5. The first-order valence-corrected chi connectivity index (χ1v) is 12.5. The van der Waals surface area contributed by atoms with E-state index in [9.17, 15) is 14.7 Å². The number of hydrogen-bond donors (Lipinski definition) is 1. The molecule has 2 aromatic rings. The zero-order valence-electron chi connectivity index (χ0n) is 21.4. The summed E-state index contributed by atoms with van der Waals surface area (Å²) in [5, 5.41) is 11.4. The molecular formula is C29H34N2O6. The molecule has 0 aromatic heterocycles. The van der Waals surface area contributed by atoms with Gasteiger partial charge in [-0.25, -0.2) is 0 Å². The predicted octanol–water partition coefficient (Wildman–Crippen LogP) is 3.71. The third kappa shape index (κ3) is 5.87. The molecule has 1 N–H and O–H groups in total. The number of amides is 1. The van der Waals surface area contributed by atoms with Gasteiger partial charge in [0.25, 0.3) is 11.7 Å². The highest BCUT2D eigenvalue weighted by molar-refractivity contribution is 6.46. The van der Waals surface area contributed by atoms with Crippen LogP contribution in [0.15, 0.2) is 60.7 Å². The molecule has 2 aliphatic rings. The van der Waals surface area contributed by atoms with Gasteiger partial charge in [-0.15, -0.1) is 0 Å². The van der Waals surface area contributed by atoms with Gasteiger partial charge in [0, 0.05) is 31.7 Å². The zero-order valence-corrected chi connectivity index (χ0v) is 21.4. The third-order valence-electron chi connectivity index (χ3n) is 6.75. The lowest BCUT2D eigenvalue weighted by atomic mass is 9.94. The lowest BCUT2D eigenvalue weighted by molar-refractivity contribution is -0.140. The SMILES string of the molecule is C=CCOc1ccc(C(O)=C2C(=O)C(=O)N(CCCN3CCOCC3)[C@H]2c2ccc(OC)cc2)cc1C. The average Bonchev–Trinajstić information content (AvgIpc) is 3.17. The second-order valence-electron chi connectivity index (χ2n) is 9.15. The van der Waals surface area contributed by atoms with Gasteiger partial charge in [0.1, 0.15) is 23.9 Å². The molecule has 1 amide bonds. The Morgan fingerprint density at radius 2 is 1.86 bits per heavy atom. The maximum atomic E-state index is 13.3. The number of likely N-dealkylation sites (tertiary alicyclic amines) is 1. The monoisotopic (exact) mass is 506 g/mol. The molecule has 2 aromatic carbocycles. The summed E-state index contributed by atoms with van der Waals surface area (Å²) >= 11 is 0. The summed E-state index contributed by atoms with van der Waals surface area (Å²) < 4.78 is 16.3. The van der Waals surface area contributed by atoms with Crippen LogP contribution in [0, 0.1) is 6.92 Å². The maximum Gasteiger partial charge on any atom is 0.295 e. The number of ether oxygens (including phenoxy) is 3. The van der Waals surface area contributed by atoms with Crippen molar-refractivity contribution in [2.24, 2.45) is 0 Å². The Morgan fingerprint density at radius 1 is 1.14 bits per heavy atom. The van der Waals surface area contributed by atoms with Gasteiger partial charge >= 0.3 is 0 Å². The third-order valence-corrected chi connectivity index (χ3v) is 6.75. The Kier molecular flexibility index (Phi) is 8.63. The van der Waals surface area contributed by atoms with E-state index in [1.807, 2.05) is 19.1 Å². The molecule has 8 nitrogen and oxygen atoms in total. The molecule has 0 bridgehead atoms. The summed E-state index contributed by atoms with van der Waals surface area (Å²) in [6.45, 7) is 10.2. The average molecular weight is 507 g/mol. The number of Topliss-reactive ketones (excluding diaryl/α,β-unsaturated/α-hetero) is 1. The molecule has 2 saturated heterocycles. The van der Waals surface area contributed by atoms with Gasteiger partial charge < -0.3 is 24.2 Å². The first kappa shape index (κ1) is 26.4. The molecule has 4 rings (SSSR count). The molecule has 1 atom stereocenters. The van der Waals surface area contributed by atoms with E-state index in [0.717, 1.165) is 30.8 Å². The number of aliphatic hydroxyl groups excluding tert-OH is 1. The molecule has 2 heterocycles. The Balaban J connectivity index is 1.67. The smallest absolute Gasteiger partial charge is 0.295 e. The van der Waals surface area contributed by atoms with Gasteiger partial charge in [0.15, 0.2) is 0 Å². The van der Waals surface area contributed by atoms with Gasteiger partial charge in [-0.1, -0.05) is 24.8 Å². The second-order valence-corrected chi connectivity index (χ2v) is 9.15. The molecule has 0 unspecified atom stereocenters. The molecule has 0 radical (unpaired) electrons. The number of morpholine rings is 1. The van der Waals surface area contributed by atoms with Crippen LogP contribution in [-0.2, 0) is 14.3 Å². The van der Waals surface area contributed by atoms with E-state index in [1.54, 1.807) is 48.4 Å². The predicted molar refractivity (Wildman–Crippen MR) is 141 cm³/mol. The molecule has 8 heteroatoms. The first-order chi connectivity index (χ1) is 17.9. The van der Waals surface area contributed by atoms with Crippen molar-refractivity contribution < 1.29 is 28.9 Å². The maximum absolute atomic E-state index is 13.3. The number of aliphatic hydroxyl groups is 1. The fourth-order valence-corrected chi connectivity index (χ4v) is 4.80. The summed E-state index contributed by atoms with van der Waals surface area (Å²) in [6, 6.07) is 11.7. The van der Waals surface area contributed by atoms with Crippen molar-refractivity contribution in [1.82, 2.24) is 9.80 Å². The minimum absolute atomic E-state index is 0.0840. The Hall–Kier alpha value is -3.62. The molecule has 0 spiro atoms. The number of benzene rings is 2. The summed E-state index contributed by atoms with van der Waals surface area (Å²) in [7, 11) is 1.58. The van der Waals surface area contributed by atoms with Crippen LogP contribution in [0.1, 0.15) is 29.2 Å². The number of rotatable bonds is 10. The van der Waals surface area contributed by atoms with Gasteiger partial charge in [0.05, 0.1) is 31.9 Å². The van der Waals surface area contributed by atoms with Crippen molar-refractivity contribution in [3.8, 4) is 11.5 Å². The van der Waals surface area contributed by atoms with E-state index >= 15 is 0 Å². The summed E-state index contributed by atoms with van der Waals surface area (Å²) in [5.74, 6) is -0.167. The quantitative estimate of drug-likeness (QED) is 0.227. The van der Waals surface area contributed by atoms with E-state index in [0.29, 0.717) is 49.8 Å². The molecule has 196 valence electrons. The number of carbonyl (C=O) groups is 2. The molecule has 37 heavy (non-hydrogen) atoms. The topological polar surface area (TPSA) is 88.5 Å². The lowest BCUT2D eigenvalue weighted by Crippen LogP contribution is -2.38. The van der Waals surface area contributed by atoms with Crippen LogP contribution in [0.25, 0.3) is 5.76 Å². The fourth-order valence-electron chi connectivity index (χ4n) is 4.80. The highest BCUT2D eigenvalue weighted by Crippen LogP contribution is 2.40. The number of aryl methyl sites for hydroxylation is 1. The summed E-state index contributed by atoms with van der Waals surface area (Å²) in [4.78, 5) is 30.4. The van der Waals surface area contributed by atoms with Crippen LogP contribution in [0.2, 0.25) is 0 Å². The van der Waals surface area contributed by atoms with Crippen molar-refractivity contribution in [1.29, 1.82) is 0 Å². The highest BCUT2D eigenvalue weighted by Gasteiger charge is 2.45. The number of ketones is 1. The van der Waals surface area contributed by atoms with Crippen molar-refractivity contribution in [3.63, 3.8) is 0 Å². The van der Waals surface area contributed by atoms with Crippen LogP contribution in [-0.4, -0.2) is 79.7 Å². The van der Waals surface area contributed by atoms with Crippen molar-refractivity contribution >= 4 is 17.4 Å².